The number of halogens is 2. The van der Waals surface area contributed by atoms with Crippen molar-refractivity contribution in [2.75, 3.05) is 0 Å². The summed E-state index contributed by atoms with van der Waals surface area (Å²) in [6, 6.07) is 24.4. The highest BCUT2D eigenvalue weighted by atomic mass is 32.2. The molecule has 0 N–H and O–H groups in total. The van der Waals surface area contributed by atoms with E-state index in [0.717, 1.165) is 21.4 Å². The average Bonchev–Trinajstić information content (AvgIpc) is 2.81. The Morgan fingerprint density at radius 2 is 1.50 bits per heavy atom. The lowest BCUT2D eigenvalue weighted by atomic mass is 10.2. The van der Waals surface area contributed by atoms with E-state index in [1.54, 1.807) is 78.9 Å². The number of nitrogens with zero attached hydrogens (tertiary/aromatic N) is 1. The Balaban J connectivity index is 1.89. The molecule has 3 aromatic carbocycles. The third-order valence-electron chi connectivity index (χ3n) is 4.63. The quantitative estimate of drug-likeness (QED) is 0.416. The van der Waals surface area contributed by atoms with Crippen molar-refractivity contribution in [2.24, 2.45) is 0 Å². The fourth-order valence-electron chi connectivity index (χ4n) is 2.91. The van der Waals surface area contributed by atoms with Gasteiger partial charge in [-0.2, -0.15) is 0 Å². The Kier molecular flexibility index (Phi) is 8.27. The highest BCUT2D eigenvalue weighted by Gasteiger charge is 2.27. The highest BCUT2D eigenvalue weighted by molar-refractivity contribution is 7.88. The summed E-state index contributed by atoms with van der Waals surface area (Å²) in [6.45, 7) is 1.66. The maximum Gasteiger partial charge on any atom is 0.414 e. The molecule has 0 spiro atoms. The second-order valence-corrected chi connectivity index (χ2v) is 8.37. The monoisotopic (exact) mass is 455 g/mol. The Morgan fingerprint density at radius 1 is 0.938 bits per heavy atom. The summed E-state index contributed by atoms with van der Waals surface area (Å²) in [5.74, 6) is 0. The second kappa shape index (κ2) is 11.3. The van der Waals surface area contributed by atoms with Gasteiger partial charge in [-0.3, -0.25) is 4.90 Å². The molecule has 0 fully saturated rings. The topological polar surface area (TPSA) is 46.6 Å². The van der Waals surface area contributed by atoms with Crippen LogP contribution in [-0.4, -0.2) is 21.6 Å². The van der Waals surface area contributed by atoms with E-state index in [1.807, 2.05) is 13.0 Å². The molecule has 3 aromatic rings. The van der Waals surface area contributed by atoms with Crippen molar-refractivity contribution in [2.45, 2.75) is 31.4 Å². The van der Waals surface area contributed by atoms with E-state index in [0.29, 0.717) is 10.5 Å². The second-order valence-electron chi connectivity index (χ2n) is 7.07. The zero-order valence-corrected chi connectivity index (χ0v) is 18.3. The fourth-order valence-corrected chi connectivity index (χ4v) is 3.90. The number of allylic oxidation sites excluding steroid dienone is 1. The van der Waals surface area contributed by atoms with Gasteiger partial charge in [-0.15, -0.1) is 0 Å². The molecular formula is C25H23F2NO3S. The molecule has 4 nitrogen and oxygen atoms in total. The summed E-state index contributed by atoms with van der Waals surface area (Å²) in [5.41, 5.74) is 1.66. The number of hydrogen-bond acceptors (Lipinski definition) is 3. The van der Waals surface area contributed by atoms with Crippen LogP contribution in [0.5, 0.6) is 0 Å². The number of benzene rings is 3. The molecule has 0 aromatic heterocycles. The predicted molar refractivity (Wildman–Crippen MR) is 120 cm³/mol. The van der Waals surface area contributed by atoms with Gasteiger partial charge in [-0.05, 0) is 30.2 Å². The minimum atomic E-state index is -3.03. The number of carbonyl (C=O) groups is 1. The molecule has 0 bridgehead atoms. The van der Waals surface area contributed by atoms with Crippen molar-refractivity contribution in [3.63, 3.8) is 0 Å². The van der Waals surface area contributed by atoms with Crippen molar-refractivity contribution in [1.82, 2.24) is 4.90 Å². The van der Waals surface area contributed by atoms with E-state index in [2.05, 4.69) is 0 Å². The zero-order chi connectivity index (χ0) is 22.9. The summed E-state index contributed by atoms with van der Waals surface area (Å²) >= 11 is 0. The molecule has 1 amide bonds. The van der Waals surface area contributed by atoms with Crippen LogP contribution in [0, 0.1) is 6.92 Å². The summed E-state index contributed by atoms with van der Waals surface area (Å²) in [5, 5.41) is 0.919. The van der Waals surface area contributed by atoms with Gasteiger partial charge >= 0.3 is 6.09 Å². The fraction of sp³-hybridized carbons (Fsp3) is 0.160. The molecule has 32 heavy (non-hydrogen) atoms. The number of ether oxygens (including phenoxy) is 1. The number of rotatable bonds is 8. The number of carbonyl (C=O) groups excluding carboxylic acids is 1. The van der Waals surface area contributed by atoms with E-state index in [-0.39, 0.29) is 13.2 Å². The SMILES string of the molecule is Cc1ccc([S@](=O)/C=C(/C(F)F)N(Cc2ccccc2)C(=O)OCc2ccccc2)cc1. The lowest BCUT2D eigenvalue weighted by molar-refractivity contribution is 0.0833. The first-order valence-corrected chi connectivity index (χ1v) is 11.1. The van der Waals surface area contributed by atoms with Gasteiger partial charge in [0.25, 0.3) is 6.43 Å². The lowest BCUT2D eigenvalue weighted by Crippen LogP contribution is -2.33. The summed E-state index contributed by atoms with van der Waals surface area (Å²) in [7, 11) is -1.87. The Morgan fingerprint density at radius 3 is 2.06 bits per heavy atom. The van der Waals surface area contributed by atoms with E-state index < -0.39 is 29.0 Å². The van der Waals surface area contributed by atoms with Crippen molar-refractivity contribution >= 4 is 16.9 Å². The van der Waals surface area contributed by atoms with Crippen molar-refractivity contribution in [3.05, 3.63) is 113 Å². The molecule has 0 radical (unpaired) electrons. The van der Waals surface area contributed by atoms with Crippen LogP contribution in [-0.2, 0) is 28.7 Å². The number of hydrogen-bond donors (Lipinski definition) is 0. The van der Waals surface area contributed by atoms with Gasteiger partial charge in [0.05, 0.1) is 23.0 Å². The van der Waals surface area contributed by atoms with E-state index in [9.17, 15) is 17.8 Å². The molecular weight excluding hydrogens is 432 g/mol. The molecule has 3 rings (SSSR count). The van der Waals surface area contributed by atoms with Gasteiger partial charge in [0.1, 0.15) is 6.61 Å². The van der Waals surface area contributed by atoms with Crippen LogP contribution in [0.15, 0.2) is 101 Å². The molecule has 0 heterocycles. The van der Waals surface area contributed by atoms with Crippen LogP contribution < -0.4 is 0 Å². The van der Waals surface area contributed by atoms with E-state index in [1.165, 1.54) is 0 Å². The van der Waals surface area contributed by atoms with Gasteiger partial charge in [0.2, 0.25) is 0 Å². The smallest absolute Gasteiger partial charge is 0.414 e. The third-order valence-corrected chi connectivity index (χ3v) is 5.82. The van der Waals surface area contributed by atoms with Crippen LogP contribution >= 0.6 is 0 Å². The van der Waals surface area contributed by atoms with Crippen molar-refractivity contribution in [1.29, 1.82) is 0 Å². The van der Waals surface area contributed by atoms with Crippen molar-refractivity contribution in [3.8, 4) is 0 Å². The number of amides is 1. The van der Waals surface area contributed by atoms with Gasteiger partial charge in [0.15, 0.2) is 0 Å². The molecule has 0 saturated heterocycles. The summed E-state index contributed by atoms with van der Waals surface area (Å²) < 4.78 is 46.2. The highest BCUT2D eigenvalue weighted by Crippen LogP contribution is 2.22. The van der Waals surface area contributed by atoms with Crippen LogP contribution in [0.3, 0.4) is 0 Å². The van der Waals surface area contributed by atoms with Crippen molar-refractivity contribution < 1.29 is 22.5 Å². The van der Waals surface area contributed by atoms with Gasteiger partial charge in [0, 0.05) is 10.3 Å². The third kappa shape index (κ3) is 6.59. The molecule has 0 unspecified atom stereocenters. The summed E-state index contributed by atoms with van der Waals surface area (Å²) in [4.78, 5) is 14.1. The average molecular weight is 456 g/mol. The van der Waals surface area contributed by atoms with Crippen LogP contribution in [0.2, 0.25) is 0 Å². The first kappa shape index (κ1) is 23.3. The predicted octanol–water partition coefficient (Wildman–Crippen LogP) is 6.05. The molecule has 7 heteroatoms. The Bertz CT molecular complexity index is 1070. The van der Waals surface area contributed by atoms with Crippen LogP contribution in [0.1, 0.15) is 16.7 Å². The molecule has 1 atom stereocenters. The largest absolute Gasteiger partial charge is 0.444 e. The minimum absolute atomic E-state index is 0.0669. The van der Waals surface area contributed by atoms with E-state index >= 15 is 0 Å². The van der Waals surface area contributed by atoms with Gasteiger partial charge < -0.3 is 4.74 Å². The maximum atomic E-state index is 14.1. The number of alkyl halides is 2. The number of aryl methyl sites for hydroxylation is 1. The first-order valence-electron chi connectivity index (χ1n) is 9.93. The van der Waals surface area contributed by atoms with Gasteiger partial charge in [-0.1, -0.05) is 78.4 Å². The van der Waals surface area contributed by atoms with Crippen LogP contribution in [0.25, 0.3) is 0 Å². The van der Waals surface area contributed by atoms with Crippen LogP contribution in [0.4, 0.5) is 13.6 Å². The molecule has 166 valence electrons. The standard InChI is InChI=1S/C25H23F2NO3S/c1-19-12-14-22(15-13-19)32(30)18-23(24(26)27)28(16-20-8-4-2-5-9-20)25(29)31-17-21-10-6-3-7-11-21/h2-15,18,24H,16-17H2,1H3/b23-18-/t32-/m1/s1. The minimum Gasteiger partial charge on any atom is -0.444 e. The molecule has 0 aliphatic rings. The normalized spacial score (nSPS) is 12.4. The Hall–Kier alpha value is -3.32. The molecule has 0 aliphatic heterocycles. The Labute approximate surface area is 188 Å². The summed E-state index contributed by atoms with van der Waals surface area (Å²) in [6.07, 6.45) is -3.97. The lowest BCUT2D eigenvalue weighted by Gasteiger charge is -2.24. The molecule has 0 aliphatic carbocycles. The first-order chi connectivity index (χ1) is 15.4. The maximum absolute atomic E-state index is 14.1. The molecule has 0 saturated carbocycles. The zero-order valence-electron chi connectivity index (χ0n) is 17.5. The van der Waals surface area contributed by atoms with Gasteiger partial charge in [-0.25, -0.2) is 17.8 Å². The van der Waals surface area contributed by atoms with E-state index in [4.69, 9.17) is 4.74 Å².